The summed E-state index contributed by atoms with van der Waals surface area (Å²) in [4.78, 5) is 74.9. The van der Waals surface area contributed by atoms with E-state index in [0.717, 1.165) is 0 Å². The minimum atomic E-state index is -1.60. The third kappa shape index (κ3) is 13.4. The van der Waals surface area contributed by atoms with Gasteiger partial charge in [-0.1, -0.05) is 44.2 Å². The maximum Gasteiger partial charge on any atom is 0.328 e. The van der Waals surface area contributed by atoms with Crippen molar-refractivity contribution in [2.75, 3.05) is 18.9 Å². The van der Waals surface area contributed by atoms with E-state index >= 15 is 0 Å². The molecule has 0 aromatic heterocycles. The van der Waals surface area contributed by atoms with Crippen LogP contribution in [0.2, 0.25) is 0 Å². The minimum absolute atomic E-state index is 0.0350. The van der Waals surface area contributed by atoms with Gasteiger partial charge in [0.1, 0.15) is 18.1 Å². The molecule has 15 nitrogen and oxygen atoms in total. The fourth-order valence-corrected chi connectivity index (χ4v) is 3.93. The molecule has 0 saturated heterocycles. The number of carbonyl (C=O) groups is 6. The number of aliphatic carboxylic acids is 1. The molecule has 0 aliphatic rings. The number of nitrogens with two attached hydrogens (primary N) is 1. The molecular weight excluding hydrogens is 584 g/mol. The Morgan fingerprint density at radius 1 is 0.837 bits per heavy atom. The fourth-order valence-electron chi connectivity index (χ4n) is 3.77. The Morgan fingerprint density at radius 2 is 1.40 bits per heavy atom. The molecule has 0 heterocycles. The fraction of sp³-hybridized carbons (Fsp3) is 0.556. The van der Waals surface area contributed by atoms with Crippen molar-refractivity contribution in [3.63, 3.8) is 0 Å². The van der Waals surface area contributed by atoms with Gasteiger partial charge in [0.15, 0.2) is 6.04 Å². The molecule has 0 fully saturated rings. The van der Waals surface area contributed by atoms with Gasteiger partial charge in [0.2, 0.25) is 29.5 Å². The van der Waals surface area contributed by atoms with E-state index in [1.807, 2.05) is 13.8 Å². The Balaban J connectivity index is 3.03. The lowest BCUT2D eigenvalue weighted by molar-refractivity contribution is -0.144. The lowest BCUT2D eigenvalue weighted by atomic mass is 10.0. The Bertz CT molecular complexity index is 1110. The minimum Gasteiger partial charge on any atom is -0.480 e. The van der Waals surface area contributed by atoms with Crippen molar-refractivity contribution in [3.05, 3.63) is 35.9 Å². The second-order valence-corrected chi connectivity index (χ2v) is 10.7. The molecule has 43 heavy (non-hydrogen) atoms. The van der Waals surface area contributed by atoms with Crippen molar-refractivity contribution < 1.29 is 44.1 Å². The third-order valence-corrected chi connectivity index (χ3v) is 6.49. The average molecular weight is 627 g/mol. The van der Waals surface area contributed by atoms with Crippen LogP contribution in [-0.2, 0) is 35.2 Å². The van der Waals surface area contributed by atoms with Crippen molar-refractivity contribution in [2.45, 2.75) is 69.9 Å². The predicted octanol–water partition coefficient (Wildman–Crippen LogP) is -2.95. The summed E-state index contributed by atoms with van der Waals surface area (Å²) in [6, 6.07) is 2.13. The Morgan fingerprint density at radius 3 is 1.91 bits per heavy atom. The van der Waals surface area contributed by atoms with E-state index in [0.29, 0.717) is 5.56 Å². The van der Waals surface area contributed by atoms with E-state index < -0.39 is 85.0 Å². The highest BCUT2D eigenvalue weighted by Crippen LogP contribution is 2.07. The van der Waals surface area contributed by atoms with Crippen LogP contribution < -0.4 is 32.3 Å². The highest BCUT2D eigenvalue weighted by Gasteiger charge is 2.31. The Kier molecular flexibility index (Phi) is 16.2. The number of hydrogen-bond donors (Lipinski definition) is 10. The second-order valence-electron chi connectivity index (χ2n) is 10.3. The van der Waals surface area contributed by atoms with E-state index in [1.54, 1.807) is 30.3 Å². The van der Waals surface area contributed by atoms with Gasteiger partial charge in [-0.2, -0.15) is 12.6 Å². The number of carbonyl (C=O) groups excluding carboxylic acids is 5. The second kappa shape index (κ2) is 18.7. The first-order valence-corrected chi connectivity index (χ1v) is 14.2. The number of carboxylic acid groups (broad SMARTS) is 1. The first kappa shape index (κ1) is 37.3. The van der Waals surface area contributed by atoms with Gasteiger partial charge in [-0.15, -0.1) is 0 Å². The molecule has 0 radical (unpaired) electrons. The lowest BCUT2D eigenvalue weighted by Gasteiger charge is -2.25. The Hall–Kier alpha value is -3.73. The molecule has 0 spiro atoms. The first-order chi connectivity index (χ1) is 20.2. The van der Waals surface area contributed by atoms with Gasteiger partial charge in [-0.25, -0.2) is 4.79 Å². The number of amides is 5. The number of hydrogen-bond acceptors (Lipinski definition) is 10. The van der Waals surface area contributed by atoms with Gasteiger partial charge in [-0.3, -0.25) is 24.0 Å². The summed E-state index contributed by atoms with van der Waals surface area (Å²) in [6.07, 6.45) is -1.23. The number of aliphatic hydroxyl groups is 2. The number of carboxylic acids is 1. The largest absolute Gasteiger partial charge is 0.480 e. The molecule has 10 N–H and O–H groups in total. The van der Waals surface area contributed by atoms with E-state index in [9.17, 15) is 39.0 Å². The summed E-state index contributed by atoms with van der Waals surface area (Å²) in [6.45, 7) is 3.31. The zero-order valence-corrected chi connectivity index (χ0v) is 25.2. The highest BCUT2D eigenvalue weighted by atomic mass is 32.1. The summed E-state index contributed by atoms with van der Waals surface area (Å²) in [5, 5.41) is 40.3. The van der Waals surface area contributed by atoms with Crippen LogP contribution in [0, 0.1) is 5.92 Å². The third-order valence-electron chi connectivity index (χ3n) is 6.09. The van der Waals surface area contributed by atoms with Crippen LogP contribution in [-0.4, -0.2) is 106 Å². The average Bonchev–Trinajstić information content (AvgIpc) is 2.95. The first-order valence-electron chi connectivity index (χ1n) is 13.6. The molecule has 16 heteroatoms. The highest BCUT2D eigenvalue weighted by molar-refractivity contribution is 7.80. The van der Waals surface area contributed by atoms with Crippen LogP contribution in [0.5, 0.6) is 0 Å². The van der Waals surface area contributed by atoms with Crippen molar-refractivity contribution in [2.24, 2.45) is 11.7 Å². The van der Waals surface area contributed by atoms with Crippen LogP contribution in [0.1, 0.15) is 32.8 Å². The topological polar surface area (TPSA) is 249 Å². The van der Waals surface area contributed by atoms with Crippen LogP contribution in [0.4, 0.5) is 0 Å². The molecule has 5 amide bonds. The van der Waals surface area contributed by atoms with E-state index in [-0.39, 0.29) is 24.5 Å². The van der Waals surface area contributed by atoms with E-state index in [1.165, 1.54) is 6.92 Å². The van der Waals surface area contributed by atoms with Gasteiger partial charge in [0.05, 0.1) is 25.3 Å². The normalized spacial score (nSPS) is 15.2. The van der Waals surface area contributed by atoms with Crippen molar-refractivity contribution in [3.8, 4) is 0 Å². The molecule has 0 aliphatic carbocycles. The van der Waals surface area contributed by atoms with Crippen LogP contribution in [0.3, 0.4) is 0 Å². The molecule has 0 unspecified atom stereocenters. The number of aliphatic hydroxyl groups excluding tert-OH is 2. The summed E-state index contributed by atoms with van der Waals surface area (Å²) < 4.78 is 0. The maximum atomic E-state index is 13.1. The summed E-state index contributed by atoms with van der Waals surface area (Å²) in [5.74, 6) is -5.47. The van der Waals surface area contributed by atoms with Crippen LogP contribution >= 0.6 is 12.6 Å². The molecule has 0 saturated carbocycles. The smallest absolute Gasteiger partial charge is 0.328 e. The Labute approximate surface area is 255 Å². The number of rotatable bonds is 18. The lowest BCUT2D eigenvalue weighted by Crippen LogP contribution is -2.59. The number of thiol groups is 1. The molecule has 1 aromatic rings. The van der Waals surface area contributed by atoms with Crippen LogP contribution in [0.15, 0.2) is 30.3 Å². The predicted molar refractivity (Wildman–Crippen MR) is 159 cm³/mol. The maximum absolute atomic E-state index is 13.1. The molecule has 0 bridgehead atoms. The van der Waals surface area contributed by atoms with Gasteiger partial charge >= 0.3 is 5.97 Å². The molecular formula is C27H42N6O9S. The molecule has 1 rings (SSSR count). The summed E-state index contributed by atoms with van der Waals surface area (Å²) in [5.41, 5.74) is 6.32. The summed E-state index contributed by atoms with van der Waals surface area (Å²) >= 11 is 3.98. The van der Waals surface area contributed by atoms with Gasteiger partial charge < -0.3 is 47.6 Å². The van der Waals surface area contributed by atoms with Crippen LogP contribution in [0.25, 0.3) is 0 Å². The number of benzene rings is 1. The van der Waals surface area contributed by atoms with Crippen molar-refractivity contribution >= 4 is 48.1 Å². The quantitative estimate of drug-likeness (QED) is 0.0742. The SMILES string of the molecule is CC(C)C[C@H](NC(=O)[C@@H](N)CS)C(=O)N[C@@H](CO)C(=O)N[C@@H](Cc1ccccc1)C(=O)NCC(=O)N[C@H](C(=O)O)[C@@H](C)O. The standard InChI is InChI=1S/C27H42N6O9S/c1-14(2)9-18(30-23(37)17(28)13-43)25(39)32-20(12-34)26(40)31-19(10-16-7-5-4-6-8-16)24(38)29-11-21(36)33-22(15(3)35)27(41)42/h4-8,14-15,17-20,22,34-35,43H,9-13,28H2,1-3H3,(H,29,38)(H,30,37)(H,31,40)(H,32,39)(H,33,36)(H,41,42)/t15-,17+,18+,19+,20+,22+/m1/s1. The van der Waals surface area contributed by atoms with E-state index in [4.69, 9.17) is 10.8 Å². The zero-order valence-electron chi connectivity index (χ0n) is 24.3. The van der Waals surface area contributed by atoms with Gasteiger partial charge in [0, 0.05) is 12.2 Å². The molecule has 240 valence electrons. The van der Waals surface area contributed by atoms with Gasteiger partial charge in [-0.05, 0) is 24.8 Å². The monoisotopic (exact) mass is 626 g/mol. The molecule has 0 aliphatic heterocycles. The molecule has 6 atom stereocenters. The number of nitrogens with one attached hydrogen (secondary N) is 5. The van der Waals surface area contributed by atoms with Crippen molar-refractivity contribution in [1.29, 1.82) is 0 Å². The van der Waals surface area contributed by atoms with Gasteiger partial charge in [0.25, 0.3) is 0 Å². The van der Waals surface area contributed by atoms with E-state index in [2.05, 4.69) is 39.2 Å². The van der Waals surface area contributed by atoms with Crippen molar-refractivity contribution in [1.82, 2.24) is 26.6 Å². The molecule has 1 aromatic carbocycles. The summed E-state index contributed by atoms with van der Waals surface area (Å²) in [7, 11) is 0. The zero-order chi connectivity index (χ0) is 32.7.